The molecule has 4 heteroatoms. The number of amides is 1. The topological polar surface area (TPSA) is 40.5 Å². The second-order valence-corrected chi connectivity index (χ2v) is 4.37. The van der Waals surface area contributed by atoms with Gasteiger partial charge in [-0.1, -0.05) is 19.9 Å². The van der Waals surface area contributed by atoms with Crippen LogP contribution >= 0.6 is 0 Å². The largest absolute Gasteiger partial charge is 0.507 e. The van der Waals surface area contributed by atoms with Crippen LogP contribution in [0.15, 0.2) is 18.2 Å². The summed E-state index contributed by atoms with van der Waals surface area (Å²) >= 11 is 0. The summed E-state index contributed by atoms with van der Waals surface area (Å²) in [6.07, 6.45) is 0. The van der Waals surface area contributed by atoms with Gasteiger partial charge in [0.15, 0.2) is 0 Å². The summed E-state index contributed by atoms with van der Waals surface area (Å²) in [5.41, 5.74) is -0.241. The molecule has 3 nitrogen and oxygen atoms in total. The Labute approximate surface area is 101 Å². The molecule has 0 radical (unpaired) electrons. The minimum Gasteiger partial charge on any atom is -0.507 e. The first-order valence-corrected chi connectivity index (χ1v) is 5.74. The Balaban J connectivity index is 3.02. The zero-order valence-corrected chi connectivity index (χ0v) is 10.4. The maximum Gasteiger partial charge on any atom is 0.260 e. The normalized spacial score (nSPS) is 10.6. The molecule has 1 aromatic rings. The van der Waals surface area contributed by atoms with Crippen LogP contribution in [0.2, 0.25) is 0 Å². The lowest BCUT2D eigenvalue weighted by Gasteiger charge is -2.23. The SMILES string of the molecule is CCN(CC(C)C)C(=O)c1c(O)cccc1F. The summed E-state index contributed by atoms with van der Waals surface area (Å²) in [6.45, 7) is 6.83. The van der Waals surface area contributed by atoms with Crippen molar-refractivity contribution in [2.45, 2.75) is 20.8 Å². The van der Waals surface area contributed by atoms with E-state index in [1.54, 1.807) is 0 Å². The number of phenolic OH excluding ortho intramolecular Hbond substituents is 1. The molecule has 0 aliphatic rings. The van der Waals surface area contributed by atoms with Gasteiger partial charge < -0.3 is 10.0 Å². The van der Waals surface area contributed by atoms with Gasteiger partial charge in [0.1, 0.15) is 17.1 Å². The van der Waals surface area contributed by atoms with E-state index < -0.39 is 11.7 Å². The van der Waals surface area contributed by atoms with Crippen molar-refractivity contribution in [3.05, 3.63) is 29.6 Å². The molecule has 0 fully saturated rings. The van der Waals surface area contributed by atoms with Crippen LogP contribution in [0, 0.1) is 11.7 Å². The zero-order chi connectivity index (χ0) is 13.0. The fraction of sp³-hybridized carbons (Fsp3) is 0.462. The molecule has 1 aromatic carbocycles. The Morgan fingerprint density at radius 3 is 2.59 bits per heavy atom. The molecule has 1 N–H and O–H groups in total. The molecular formula is C13H18FNO2. The van der Waals surface area contributed by atoms with E-state index in [4.69, 9.17) is 0 Å². The average molecular weight is 239 g/mol. The van der Waals surface area contributed by atoms with Gasteiger partial charge in [-0.15, -0.1) is 0 Å². The van der Waals surface area contributed by atoms with Gasteiger partial charge in [-0.25, -0.2) is 4.39 Å². The Hall–Kier alpha value is -1.58. The Bertz CT molecular complexity index is 384. The number of phenols is 1. The van der Waals surface area contributed by atoms with Gasteiger partial charge in [0.05, 0.1) is 0 Å². The van der Waals surface area contributed by atoms with Crippen LogP contribution in [0.4, 0.5) is 4.39 Å². The number of rotatable bonds is 4. The average Bonchev–Trinajstić information content (AvgIpc) is 2.25. The fourth-order valence-electron chi connectivity index (χ4n) is 1.68. The maximum atomic E-state index is 13.5. The van der Waals surface area contributed by atoms with E-state index in [0.29, 0.717) is 19.0 Å². The summed E-state index contributed by atoms with van der Waals surface area (Å²) in [4.78, 5) is 13.6. The summed E-state index contributed by atoms with van der Waals surface area (Å²) in [5, 5.41) is 9.55. The predicted octanol–water partition coefficient (Wildman–Crippen LogP) is 2.65. The number of hydrogen-bond acceptors (Lipinski definition) is 2. The third-order valence-electron chi connectivity index (χ3n) is 2.46. The maximum absolute atomic E-state index is 13.5. The smallest absolute Gasteiger partial charge is 0.260 e. The molecular weight excluding hydrogens is 221 g/mol. The third kappa shape index (κ3) is 3.19. The fourth-order valence-corrected chi connectivity index (χ4v) is 1.68. The van der Waals surface area contributed by atoms with E-state index in [2.05, 4.69) is 0 Å². The molecule has 0 unspecified atom stereocenters. The highest BCUT2D eigenvalue weighted by molar-refractivity contribution is 5.97. The van der Waals surface area contributed by atoms with E-state index in [1.807, 2.05) is 20.8 Å². The Kier molecular flexibility index (Phi) is 4.49. The summed E-state index contributed by atoms with van der Waals surface area (Å²) < 4.78 is 13.5. The first-order chi connectivity index (χ1) is 7.97. The lowest BCUT2D eigenvalue weighted by molar-refractivity contribution is 0.0737. The van der Waals surface area contributed by atoms with Crippen LogP contribution in [0.1, 0.15) is 31.1 Å². The van der Waals surface area contributed by atoms with Crippen LogP contribution in [0.5, 0.6) is 5.75 Å². The molecule has 94 valence electrons. The summed E-state index contributed by atoms with van der Waals surface area (Å²) in [6, 6.07) is 3.87. The van der Waals surface area contributed by atoms with E-state index >= 15 is 0 Å². The van der Waals surface area contributed by atoms with Crippen molar-refractivity contribution in [2.75, 3.05) is 13.1 Å². The predicted molar refractivity (Wildman–Crippen MR) is 64.5 cm³/mol. The van der Waals surface area contributed by atoms with Gasteiger partial charge >= 0.3 is 0 Å². The standard InChI is InChI=1S/C13H18FNO2/c1-4-15(8-9(2)3)13(17)12-10(14)6-5-7-11(12)16/h5-7,9,16H,4,8H2,1-3H3. The second-order valence-electron chi connectivity index (χ2n) is 4.37. The van der Waals surface area contributed by atoms with Gasteiger partial charge in [-0.05, 0) is 25.0 Å². The molecule has 0 aliphatic heterocycles. The highest BCUT2D eigenvalue weighted by Crippen LogP contribution is 2.22. The number of benzene rings is 1. The van der Waals surface area contributed by atoms with Gasteiger partial charge in [-0.3, -0.25) is 4.79 Å². The van der Waals surface area contributed by atoms with Gasteiger partial charge in [-0.2, -0.15) is 0 Å². The van der Waals surface area contributed by atoms with Crippen LogP contribution in [-0.4, -0.2) is 29.0 Å². The van der Waals surface area contributed by atoms with Crippen molar-refractivity contribution in [3.63, 3.8) is 0 Å². The Morgan fingerprint density at radius 1 is 1.47 bits per heavy atom. The molecule has 1 amide bonds. The highest BCUT2D eigenvalue weighted by Gasteiger charge is 2.22. The lowest BCUT2D eigenvalue weighted by atomic mass is 10.1. The van der Waals surface area contributed by atoms with Gasteiger partial charge in [0, 0.05) is 13.1 Å². The number of hydrogen-bond donors (Lipinski definition) is 1. The van der Waals surface area contributed by atoms with Crippen molar-refractivity contribution in [2.24, 2.45) is 5.92 Å². The monoisotopic (exact) mass is 239 g/mol. The number of halogens is 1. The van der Waals surface area contributed by atoms with Crippen molar-refractivity contribution in [1.82, 2.24) is 4.90 Å². The van der Waals surface area contributed by atoms with Crippen LogP contribution < -0.4 is 0 Å². The first kappa shape index (κ1) is 13.5. The minimum atomic E-state index is -0.683. The molecule has 1 rings (SSSR count). The minimum absolute atomic E-state index is 0.241. The van der Waals surface area contributed by atoms with Crippen LogP contribution in [-0.2, 0) is 0 Å². The molecule has 0 aromatic heterocycles. The molecule has 17 heavy (non-hydrogen) atoms. The molecule has 0 saturated heterocycles. The number of aromatic hydroxyl groups is 1. The molecule has 0 bridgehead atoms. The van der Waals surface area contributed by atoms with Crippen LogP contribution in [0.25, 0.3) is 0 Å². The van der Waals surface area contributed by atoms with Gasteiger partial charge in [0.25, 0.3) is 5.91 Å². The number of nitrogens with zero attached hydrogens (tertiary/aromatic N) is 1. The lowest BCUT2D eigenvalue weighted by Crippen LogP contribution is -2.34. The van der Waals surface area contributed by atoms with Crippen molar-refractivity contribution < 1.29 is 14.3 Å². The van der Waals surface area contributed by atoms with E-state index in [9.17, 15) is 14.3 Å². The van der Waals surface area contributed by atoms with Crippen molar-refractivity contribution >= 4 is 5.91 Å². The quantitative estimate of drug-likeness (QED) is 0.877. The van der Waals surface area contributed by atoms with Crippen molar-refractivity contribution in [1.29, 1.82) is 0 Å². The molecule has 0 saturated carbocycles. The third-order valence-corrected chi connectivity index (χ3v) is 2.46. The zero-order valence-electron chi connectivity index (χ0n) is 10.4. The van der Waals surface area contributed by atoms with E-state index in [-0.39, 0.29) is 11.3 Å². The molecule has 0 aliphatic carbocycles. The number of carbonyl (C=O) groups is 1. The highest BCUT2D eigenvalue weighted by atomic mass is 19.1. The molecule has 0 spiro atoms. The van der Waals surface area contributed by atoms with E-state index in [1.165, 1.54) is 23.1 Å². The first-order valence-electron chi connectivity index (χ1n) is 5.74. The molecule has 0 heterocycles. The van der Waals surface area contributed by atoms with Crippen molar-refractivity contribution in [3.8, 4) is 5.75 Å². The van der Waals surface area contributed by atoms with E-state index in [0.717, 1.165) is 0 Å². The number of carbonyl (C=O) groups excluding carboxylic acids is 1. The van der Waals surface area contributed by atoms with Crippen LogP contribution in [0.3, 0.4) is 0 Å². The Morgan fingerprint density at radius 2 is 2.12 bits per heavy atom. The summed E-state index contributed by atoms with van der Waals surface area (Å²) in [7, 11) is 0. The second kappa shape index (κ2) is 5.66. The van der Waals surface area contributed by atoms with Gasteiger partial charge in [0.2, 0.25) is 0 Å². The molecule has 0 atom stereocenters. The summed E-state index contributed by atoms with van der Waals surface area (Å²) in [5.74, 6) is -1.15.